The molecule has 5 aromatic rings. The molecular formula is C21H17N5O2S. The summed E-state index contributed by atoms with van der Waals surface area (Å²) in [6.45, 7) is 1.92. The molecule has 0 bridgehead atoms. The zero-order valence-corrected chi connectivity index (χ0v) is 16.6. The fourth-order valence-corrected chi connectivity index (χ4v) is 5.05. The van der Waals surface area contributed by atoms with E-state index in [1.807, 2.05) is 20.0 Å². The first-order valence-corrected chi connectivity index (χ1v) is 10.5. The lowest BCUT2D eigenvalue weighted by atomic mass is 10.2. The first kappa shape index (κ1) is 17.6. The summed E-state index contributed by atoms with van der Waals surface area (Å²) >= 11 is 0. The topological polar surface area (TPSA) is 82.7 Å². The summed E-state index contributed by atoms with van der Waals surface area (Å²) in [4.78, 5) is 8.76. The molecule has 0 radical (unpaired) electrons. The van der Waals surface area contributed by atoms with E-state index in [0.29, 0.717) is 11.3 Å². The van der Waals surface area contributed by atoms with Gasteiger partial charge in [0.1, 0.15) is 0 Å². The Balaban J connectivity index is 1.91. The lowest BCUT2D eigenvalue weighted by molar-refractivity contribution is 0.589. The maximum atomic E-state index is 13.7. The molecule has 4 aromatic heterocycles. The highest BCUT2D eigenvalue weighted by molar-refractivity contribution is 7.90. The fraction of sp³-hybridized carbons (Fsp3) is 0.0952. The van der Waals surface area contributed by atoms with Gasteiger partial charge in [-0.15, -0.1) is 0 Å². The van der Waals surface area contributed by atoms with Gasteiger partial charge >= 0.3 is 0 Å². The molecule has 5 rings (SSSR count). The van der Waals surface area contributed by atoms with Crippen molar-refractivity contribution in [3.05, 3.63) is 72.8 Å². The van der Waals surface area contributed by atoms with Crippen molar-refractivity contribution in [1.29, 1.82) is 0 Å². The number of nitrogens with zero attached hydrogens (tertiary/aromatic N) is 5. The normalized spacial score (nSPS) is 12.1. The van der Waals surface area contributed by atoms with E-state index in [9.17, 15) is 8.42 Å². The lowest BCUT2D eigenvalue weighted by Gasteiger charge is -2.12. The highest BCUT2D eigenvalue weighted by Crippen LogP contribution is 2.34. The molecule has 8 heteroatoms. The van der Waals surface area contributed by atoms with Crippen molar-refractivity contribution >= 4 is 32.0 Å². The Kier molecular flexibility index (Phi) is 3.78. The smallest absolute Gasteiger partial charge is 0.267 e. The molecule has 0 spiro atoms. The minimum absolute atomic E-state index is 0.211. The molecule has 0 aliphatic heterocycles. The number of aromatic nitrogens is 5. The van der Waals surface area contributed by atoms with Crippen LogP contribution in [0, 0.1) is 6.92 Å². The molecule has 0 fully saturated rings. The van der Waals surface area contributed by atoms with E-state index in [0.717, 1.165) is 27.4 Å². The van der Waals surface area contributed by atoms with Crippen LogP contribution >= 0.6 is 0 Å². The van der Waals surface area contributed by atoms with Crippen LogP contribution in [0.1, 0.15) is 5.56 Å². The van der Waals surface area contributed by atoms with Crippen LogP contribution in [-0.2, 0) is 17.1 Å². The molecule has 0 amide bonds. The Hall–Kier alpha value is -3.52. The van der Waals surface area contributed by atoms with Gasteiger partial charge in [0.2, 0.25) is 0 Å². The molecule has 1 aromatic carbocycles. The van der Waals surface area contributed by atoms with E-state index < -0.39 is 10.0 Å². The minimum Gasteiger partial charge on any atom is -0.267 e. The minimum atomic E-state index is -3.88. The van der Waals surface area contributed by atoms with E-state index in [1.165, 1.54) is 3.97 Å². The summed E-state index contributed by atoms with van der Waals surface area (Å²) in [5.41, 5.74) is 3.47. The molecule has 0 N–H and O–H groups in total. The van der Waals surface area contributed by atoms with E-state index in [-0.39, 0.29) is 4.90 Å². The van der Waals surface area contributed by atoms with E-state index in [4.69, 9.17) is 0 Å². The quantitative estimate of drug-likeness (QED) is 0.460. The number of benzene rings is 1. The first-order valence-electron chi connectivity index (χ1n) is 9.01. The van der Waals surface area contributed by atoms with Gasteiger partial charge in [0.05, 0.1) is 22.3 Å². The highest BCUT2D eigenvalue weighted by atomic mass is 32.2. The van der Waals surface area contributed by atoms with Gasteiger partial charge in [0.15, 0.2) is 5.65 Å². The van der Waals surface area contributed by atoms with Crippen molar-refractivity contribution < 1.29 is 8.42 Å². The molecule has 0 unspecified atom stereocenters. The van der Waals surface area contributed by atoms with Crippen LogP contribution in [0.5, 0.6) is 0 Å². The summed E-state index contributed by atoms with van der Waals surface area (Å²) < 4.78 is 30.4. The second-order valence-corrected chi connectivity index (χ2v) is 8.70. The third kappa shape index (κ3) is 2.64. The van der Waals surface area contributed by atoms with Crippen molar-refractivity contribution in [3.8, 4) is 11.3 Å². The van der Waals surface area contributed by atoms with Crippen molar-refractivity contribution in [2.75, 3.05) is 0 Å². The van der Waals surface area contributed by atoms with Gasteiger partial charge < -0.3 is 0 Å². The fourth-order valence-electron chi connectivity index (χ4n) is 3.57. The van der Waals surface area contributed by atoms with Crippen LogP contribution in [0.4, 0.5) is 0 Å². The van der Waals surface area contributed by atoms with Crippen LogP contribution in [0.2, 0.25) is 0 Å². The van der Waals surface area contributed by atoms with Crippen molar-refractivity contribution in [2.24, 2.45) is 7.05 Å². The number of hydrogen-bond donors (Lipinski definition) is 0. The van der Waals surface area contributed by atoms with Gasteiger partial charge in [-0.3, -0.25) is 9.67 Å². The van der Waals surface area contributed by atoms with Gasteiger partial charge in [-0.05, 0) is 37.3 Å². The maximum Gasteiger partial charge on any atom is 0.269 e. The van der Waals surface area contributed by atoms with E-state index in [1.54, 1.807) is 65.9 Å². The van der Waals surface area contributed by atoms with E-state index in [2.05, 4.69) is 15.1 Å². The summed E-state index contributed by atoms with van der Waals surface area (Å²) in [5.74, 6) is 0. The number of fused-ring (bicyclic) bond motifs is 3. The van der Waals surface area contributed by atoms with Crippen LogP contribution < -0.4 is 0 Å². The molecule has 0 saturated carbocycles. The third-order valence-electron chi connectivity index (χ3n) is 5.02. The Morgan fingerprint density at radius 2 is 1.69 bits per heavy atom. The predicted octanol–water partition coefficient (Wildman–Crippen LogP) is 3.53. The SMILES string of the molecule is Cc1ccc(S(=O)(=O)n2c(-c3ccncc3)cc3c4c(cnc32)cnn4C)cc1. The zero-order chi connectivity index (χ0) is 20.2. The second-order valence-electron chi connectivity index (χ2n) is 6.92. The van der Waals surface area contributed by atoms with Crippen molar-refractivity contribution in [3.63, 3.8) is 0 Å². The van der Waals surface area contributed by atoms with Gasteiger partial charge in [-0.2, -0.15) is 5.10 Å². The summed E-state index contributed by atoms with van der Waals surface area (Å²) in [6.07, 6.45) is 6.66. The highest BCUT2D eigenvalue weighted by Gasteiger charge is 2.26. The summed E-state index contributed by atoms with van der Waals surface area (Å²) in [6, 6.07) is 12.2. The monoisotopic (exact) mass is 403 g/mol. The largest absolute Gasteiger partial charge is 0.269 e. The van der Waals surface area contributed by atoms with Crippen LogP contribution in [0.15, 0.2) is 72.1 Å². The Morgan fingerprint density at radius 1 is 0.966 bits per heavy atom. The molecule has 144 valence electrons. The molecular weight excluding hydrogens is 386 g/mol. The van der Waals surface area contributed by atoms with Crippen molar-refractivity contribution in [2.45, 2.75) is 11.8 Å². The van der Waals surface area contributed by atoms with E-state index >= 15 is 0 Å². The first-order chi connectivity index (χ1) is 14.0. The molecule has 0 saturated heterocycles. The van der Waals surface area contributed by atoms with Crippen LogP contribution in [-0.4, -0.2) is 32.1 Å². The number of pyridine rings is 2. The summed E-state index contributed by atoms with van der Waals surface area (Å²) in [5, 5.41) is 5.88. The summed E-state index contributed by atoms with van der Waals surface area (Å²) in [7, 11) is -2.05. The number of rotatable bonds is 3. The van der Waals surface area contributed by atoms with Crippen LogP contribution in [0.3, 0.4) is 0 Å². The molecule has 0 aliphatic rings. The second kappa shape index (κ2) is 6.25. The molecule has 4 heterocycles. The van der Waals surface area contributed by atoms with Gasteiger partial charge in [0.25, 0.3) is 10.0 Å². The molecule has 29 heavy (non-hydrogen) atoms. The Bertz CT molecular complexity index is 1470. The maximum absolute atomic E-state index is 13.7. The molecule has 0 aliphatic carbocycles. The lowest BCUT2D eigenvalue weighted by Crippen LogP contribution is -2.14. The Morgan fingerprint density at radius 3 is 2.41 bits per heavy atom. The van der Waals surface area contributed by atoms with Crippen LogP contribution in [0.25, 0.3) is 33.2 Å². The molecule has 7 nitrogen and oxygen atoms in total. The third-order valence-corrected chi connectivity index (χ3v) is 6.73. The van der Waals surface area contributed by atoms with Crippen molar-refractivity contribution in [1.82, 2.24) is 23.7 Å². The van der Waals surface area contributed by atoms with Gasteiger partial charge in [-0.25, -0.2) is 17.4 Å². The average molecular weight is 403 g/mol. The standard InChI is InChI=1S/C21H17N5O2S/c1-14-3-5-17(6-4-14)29(27,28)26-19(15-7-9-22-10-8-15)11-18-20-16(12-23-21(18)26)13-24-25(20)2/h3-13H,1-2H3. The zero-order valence-electron chi connectivity index (χ0n) is 15.8. The van der Waals surface area contributed by atoms with Gasteiger partial charge in [0, 0.05) is 42.0 Å². The predicted molar refractivity (Wildman–Crippen MR) is 111 cm³/mol. The number of aryl methyl sites for hydroxylation is 2. The average Bonchev–Trinajstić information content (AvgIpc) is 3.30. The molecule has 0 atom stereocenters. The van der Waals surface area contributed by atoms with Gasteiger partial charge in [-0.1, -0.05) is 17.7 Å². The number of hydrogen-bond acceptors (Lipinski definition) is 5. The Labute approximate surface area is 167 Å².